The number of rotatable bonds is 11. The van der Waals surface area contributed by atoms with Crippen molar-refractivity contribution in [3.05, 3.63) is 0 Å². The first-order chi connectivity index (χ1) is 41.4. The standard InChI is InChI=1S/C63H105ClF3N11O11/c1-16-39(6)54-60(88)74(12)35-52(81)72(10)36-53(82)76(14)49(33-42-21-26-44(64)27-22-42)59(87)73(11)34-50(79)69-45(28-23-41-19-24-43(25-20-41)63(65,66)67)58(86)78-29-17-18-46(78)57(85)71-62(8,9)61(89)77(15)48(31-38(4)5)55(83)68-40(7)32-51(80)75(13)47(30-37(2)3)56(84)70-54/h37-49,54H,16-36H2,1-15H3,(H,68,83)(H,69,79)(H,70,84)(H,71,85)/t39-,40+,41?,42?,43?,44?,45-,46-,47-,48-,49-,54-/m0/s1. The van der Waals surface area contributed by atoms with Crippen molar-refractivity contribution in [2.24, 2.45) is 35.5 Å². The van der Waals surface area contributed by atoms with Gasteiger partial charge in [-0.2, -0.15) is 13.2 Å². The van der Waals surface area contributed by atoms with E-state index in [0.717, 1.165) is 14.7 Å². The molecule has 4 aliphatic rings. The van der Waals surface area contributed by atoms with Crippen LogP contribution in [0, 0.1) is 35.5 Å². The van der Waals surface area contributed by atoms with Crippen molar-refractivity contribution in [2.75, 3.05) is 68.5 Å². The minimum absolute atomic E-state index is 0.00105. The maximum Gasteiger partial charge on any atom is 0.391 e. The summed E-state index contributed by atoms with van der Waals surface area (Å²) < 4.78 is 41.1. The van der Waals surface area contributed by atoms with E-state index in [0.29, 0.717) is 38.5 Å². The number of hydrogen-bond acceptors (Lipinski definition) is 11. The first kappa shape index (κ1) is 75.7. The normalized spacial score (nSPS) is 29.9. The van der Waals surface area contributed by atoms with E-state index >= 15 is 0 Å². The summed E-state index contributed by atoms with van der Waals surface area (Å²) in [5.74, 6) is -9.22. The quantitative estimate of drug-likeness (QED) is 0.198. The molecule has 2 saturated heterocycles. The minimum Gasteiger partial charge on any atom is -0.351 e. The van der Waals surface area contributed by atoms with Gasteiger partial charge in [0.25, 0.3) is 0 Å². The third kappa shape index (κ3) is 21.7. The zero-order chi connectivity index (χ0) is 67.2. The summed E-state index contributed by atoms with van der Waals surface area (Å²) in [6, 6.07) is -7.63. The second-order valence-electron chi connectivity index (χ2n) is 27.5. The van der Waals surface area contributed by atoms with Gasteiger partial charge >= 0.3 is 6.18 Å². The number of carbonyl (C=O) groups excluding carboxylic acids is 11. The molecule has 11 amide bonds. The molecule has 2 heterocycles. The van der Waals surface area contributed by atoms with Gasteiger partial charge in [0, 0.05) is 66.7 Å². The lowest BCUT2D eigenvalue weighted by molar-refractivity contribution is -0.184. The molecule has 22 nitrogen and oxygen atoms in total. The van der Waals surface area contributed by atoms with E-state index in [-0.39, 0.29) is 106 Å². The Labute approximate surface area is 530 Å². The molecule has 0 aromatic heterocycles. The predicted octanol–water partition coefficient (Wildman–Crippen LogP) is 5.08. The highest BCUT2D eigenvalue weighted by atomic mass is 35.5. The average molecular weight is 1290 g/mol. The van der Waals surface area contributed by atoms with Crippen LogP contribution in [0.4, 0.5) is 13.2 Å². The van der Waals surface area contributed by atoms with Crippen LogP contribution in [-0.4, -0.2) is 227 Å². The average Bonchev–Trinajstić information content (AvgIpc) is 2.34. The number of amides is 11. The summed E-state index contributed by atoms with van der Waals surface area (Å²) in [4.78, 5) is 167. The molecule has 4 fully saturated rings. The topological polar surface area (TPSA) is 259 Å². The lowest BCUT2D eigenvalue weighted by Gasteiger charge is -2.37. The van der Waals surface area contributed by atoms with Crippen LogP contribution < -0.4 is 21.3 Å². The van der Waals surface area contributed by atoms with E-state index in [2.05, 4.69) is 21.3 Å². The number of fused-ring (bicyclic) bond motifs is 1. The summed E-state index contributed by atoms with van der Waals surface area (Å²) in [6.45, 7) is 14.2. The van der Waals surface area contributed by atoms with Crippen molar-refractivity contribution >= 4 is 76.6 Å². The van der Waals surface area contributed by atoms with Gasteiger partial charge in [-0.1, -0.05) is 48.0 Å². The van der Waals surface area contributed by atoms with Gasteiger partial charge in [0.15, 0.2) is 0 Å². The Kier molecular flexibility index (Phi) is 28.5. The summed E-state index contributed by atoms with van der Waals surface area (Å²) in [7, 11) is 8.51. The summed E-state index contributed by atoms with van der Waals surface area (Å²) >= 11 is 6.47. The van der Waals surface area contributed by atoms with Gasteiger partial charge in [-0.15, -0.1) is 11.6 Å². The number of likely N-dealkylation sites (N-methyl/N-ethyl adjacent to an activating group) is 6. The molecule has 4 N–H and O–H groups in total. The number of hydrogen-bond donors (Lipinski definition) is 4. The lowest BCUT2D eigenvalue weighted by atomic mass is 9.79. The van der Waals surface area contributed by atoms with Crippen molar-refractivity contribution in [3.8, 4) is 0 Å². The van der Waals surface area contributed by atoms with Crippen molar-refractivity contribution in [2.45, 2.75) is 231 Å². The molecule has 26 heteroatoms. The highest BCUT2D eigenvalue weighted by Gasteiger charge is 2.46. The van der Waals surface area contributed by atoms with Gasteiger partial charge in [0.2, 0.25) is 65.0 Å². The zero-order valence-electron chi connectivity index (χ0n) is 55.6. The molecule has 2 aliphatic heterocycles. The van der Waals surface area contributed by atoms with E-state index < -0.39 is 150 Å². The van der Waals surface area contributed by atoms with Gasteiger partial charge in [-0.3, -0.25) is 52.7 Å². The molecular formula is C63H105ClF3N11O11. The molecule has 0 radical (unpaired) electrons. The van der Waals surface area contributed by atoms with E-state index in [1.54, 1.807) is 13.8 Å². The van der Waals surface area contributed by atoms with Crippen LogP contribution in [0.3, 0.4) is 0 Å². The second-order valence-corrected chi connectivity index (χ2v) is 28.1. The maximum absolute atomic E-state index is 14.9. The third-order valence-electron chi connectivity index (χ3n) is 18.7. The molecule has 506 valence electrons. The fraction of sp³-hybridized carbons (Fsp3) is 0.825. The Morgan fingerprint density at radius 3 is 1.67 bits per heavy atom. The molecule has 2 saturated carbocycles. The van der Waals surface area contributed by atoms with Crippen molar-refractivity contribution in [1.29, 1.82) is 0 Å². The number of alkyl halides is 4. The van der Waals surface area contributed by atoms with Crippen LogP contribution in [0.2, 0.25) is 0 Å². The van der Waals surface area contributed by atoms with E-state index in [9.17, 15) is 65.9 Å². The fourth-order valence-electron chi connectivity index (χ4n) is 12.7. The van der Waals surface area contributed by atoms with E-state index in [1.165, 1.54) is 75.7 Å². The monoisotopic (exact) mass is 1280 g/mol. The molecule has 89 heavy (non-hydrogen) atoms. The Morgan fingerprint density at radius 2 is 1.11 bits per heavy atom. The van der Waals surface area contributed by atoms with Gasteiger partial charge in [0.05, 0.1) is 25.6 Å². The number of carbonyl (C=O) groups is 11. The maximum atomic E-state index is 14.9. The van der Waals surface area contributed by atoms with Crippen LogP contribution in [0.5, 0.6) is 0 Å². The van der Waals surface area contributed by atoms with Gasteiger partial charge in [0.1, 0.15) is 41.8 Å². The minimum atomic E-state index is -4.34. The highest BCUT2D eigenvalue weighted by Crippen LogP contribution is 2.41. The van der Waals surface area contributed by atoms with Crippen molar-refractivity contribution in [1.82, 2.24) is 55.6 Å². The number of nitrogens with zero attached hydrogens (tertiary/aromatic N) is 7. The SMILES string of the molecule is CC[C@H](C)[C@@H]1NC(=O)[C@H](CC(C)C)N(C)C(=O)C[C@@H](C)NC(=O)[C@H](CC(C)C)N(C)C(=O)C(C)(C)NC(=O)[C@@H]2CCCN2C(=O)[C@H](CCC2CCC(C(F)(F)F)CC2)NC(=O)CN(C)C(=O)[C@H](CC2CCC(Cl)CC2)N(C)C(=O)CN(C)C(=O)CN(C)C1=O. The molecule has 0 aromatic carbocycles. The van der Waals surface area contributed by atoms with Crippen molar-refractivity contribution in [3.63, 3.8) is 0 Å². The van der Waals surface area contributed by atoms with Gasteiger partial charge in [-0.05, 0) is 147 Å². The van der Waals surface area contributed by atoms with Crippen LogP contribution in [0.25, 0.3) is 0 Å². The molecule has 0 aromatic rings. The molecule has 8 atom stereocenters. The Hall–Kier alpha value is -5.75. The smallest absolute Gasteiger partial charge is 0.351 e. The first-order valence-electron chi connectivity index (χ1n) is 32.1. The first-order valence-corrected chi connectivity index (χ1v) is 32.6. The van der Waals surface area contributed by atoms with Crippen LogP contribution >= 0.6 is 11.6 Å². The van der Waals surface area contributed by atoms with Gasteiger partial charge < -0.3 is 55.6 Å². The fourth-order valence-corrected chi connectivity index (χ4v) is 13.0. The summed E-state index contributed by atoms with van der Waals surface area (Å²) in [5.41, 5.74) is -1.66. The zero-order valence-corrected chi connectivity index (χ0v) is 56.3. The third-order valence-corrected chi connectivity index (χ3v) is 19.1. The largest absolute Gasteiger partial charge is 0.391 e. The van der Waals surface area contributed by atoms with Crippen molar-refractivity contribution < 1.29 is 65.9 Å². The Bertz CT molecular complexity index is 2490. The number of halogens is 4. The molecule has 0 spiro atoms. The molecule has 0 bridgehead atoms. The van der Waals surface area contributed by atoms with Crippen LogP contribution in [0.15, 0.2) is 0 Å². The van der Waals surface area contributed by atoms with Gasteiger partial charge in [-0.25, -0.2) is 0 Å². The highest BCUT2D eigenvalue weighted by molar-refractivity contribution is 6.20. The molecule has 0 unspecified atom stereocenters. The Balaban J connectivity index is 1.76. The van der Waals surface area contributed by atoms with Crippen LogP contribution in [0.1, 0.15) is 171 Å². The predicted molar refractivity (Wildman–Crippen MR) is 331 cm³/mol. The Morgan fingerprint density at radius 1 is 0.584 bits per heavy atom. The molecular weight excluding hydrogens is 1180 g/mol. The summed E-state index contributed by atoms with van der Waals surface area (Å²) in [6.07, 6.45) is 0.250. The summed E-state index contributed by atoms with van der Waals surface area (Å²) in [5, 5.41) is 11.3. The van der Waals surface area contributed by atoms with Crippen LogP contribution in [-0.2, 0) is 52.7 Å². The molecule has 4 rings (SSSR count). The lowest BCUT2D eigenvalue weighted by Crippen LogP contribution is -2.62. The van der Waals surface area contributed by atoms with E-state index in [4.69, 9.17) is 11.6 Å². The second kappa shape index (κ2) is 33.5. The molecule has 2 aliphatic carbocycles. The number of nitrogens with one attached hydrogen (secondary N) is 4. The van der Waals surface area contributed by atoms with E-state index in [1.807, 2.05) is 34.6 Å².